The Labute approximate surface area is 121 Å². The van der Waals surface area contributed by atoms with Crippen molar-refractivity contribution in [3.8, 4) is 0 Å². The van der Waals surface area contributed by atoms with Gasteiger partial charge in [-0.25, -0.2) is 4.79 Å². The van der Waals surface area contributed by atoms with E-state index in [2.05, 4.69) is 4.74 Å². The average Bonchev–Trinajstić information content (AvgIpc) is 3.05. The van der Waals surface area contributed by atoms with Gasteiger partial charge in [-0.1, -0.05) is 6.42 Å². The van der Waals surface area contributed by atoms with Gasteiger partial charge in [-0.2, -0.15) is 17.2 Å². The molecule has 120 valence electrons. The number of esters is 1. The van der Waals surface area contributed by atoms with Crippen LogP contribution in [0.25, 0.3) is 0 Å². The molecule has 3 aliphatic carbocycles. The summed E-state index contributed by atoms with van der Waals surface area (Å²) in [5.41, 5.74) is 0. The molecule has 2 bridgehead atoms. The van der Waals surface area contributed by atoms with Gasteiger partial charge >= 0.3 is 21.3 Å². The lowest BCUT2D eigenvalue weighted by Gasteiger charge is -2.31. The molecule has 3 saturated carbocycles. The molecule has 0 radical (unpaired) electrons. The standard InChI is InChI=1S/C13H18F2O5S/c14-13(15,21(17,18)19)12(16)20-6-8-4-7-5-11(8)10-3-1-2-9(7)10/h7-11H,1-6H2,(H,17,18,19). The van der Waals surface area contributed by atoms with E-state index in [0.29, 0.717) is 17.8 Å². The van der Waals surface area contributed by atoms with Crippen LogP contribution in [0.1, 0.15) is 32.1 Å². The van der Waals surface area contributed by atoms with E-state index in [9.17, 15) is 22.0 Å². The zero-order valence-electron chi connectivity index (χ0n) is 11.4. The minimum Gasteiger partial charge on any atom is -0.460 e. The zero-order valence-corrected chi connectivity index (χ0v) is 12.2. The first kappa shape index (κ1) is 15.1. The fourth-order valence-corrected chi connectivity index (χ4v) is 5.04. The molecular weight excluding hydrogens is 306 g/mol. The summed E-state index contributed by atoms with van der Waals surface area (Å²) in [6, 6.07) is 0. The van der Waals surface area contributed by atoms with E-state index in [4.69, 9.17) is 4.55 Å². The number of alkyl halides is 2. The predicted molar refractivity (Wildman–Crippen MR) is 68.0 cm³/mol. The minimum absolute atomic E-state index is 0.0375. The number of hydrogen-bond acceptors (Lipinski definition) is 4. The predicted octanol–water partition coefficient (Wildman–Crippen LogP) is 2.08. The number of rotatable bonds is 4. The number of carbonyl (C=O) groups is 1. The Morgan fingerprint density at radius 1 is 1.19 bits per heavy atom. The van der Waals surface area contributed by atoms with Crippen LogP contribution in [0.5, 0.6) is 0 Å². The van der Waals surface area contributed by atoms with Crippen LogP contribution in [-0.2, 0) is 19.6 Å². The lowest BCUT2D eigenvalue weighted by atomic mass is 9.76. The molecule has 0 amide bonds. The second-order valence-corrected chi connectivity index (χ2v) is 7.97. The highest BCUT2D eigenvalue weighted by molar-refractivity contribution is 7.87. The van der Waals surface area contributed by atoms with E-state index in [0.717, 1.165) is 25.2 Å². The van der Waals surface area contributed by atoms with Crippen molar-refractivity contribution in [1.82, 2.24) is 0 Å². The Kier molecular flexibility index (Phi) is 3.52. The van der Waals surface area contributed by atoms with E-state index in [1.807, 2.05) is 0 Å². The first-order valence-corrected chi connectivity index (χ1v) is 8.68. The fraction of sp³-hybridized carbons (Fsp3) is 0.923. The minimum atomic E-state index is -5.78. The fourth-order valence-electron chi connectivity index (χ4n) is 4.77. The summed E-state index contributed by atoms with van der Waals surface area (Å²) in [6.07, 6.45) is 5.51. The number of carbonyl (C=O) groups excluding carboxylic acids is 1. The van der Waals surface area contributed by atoms with Gasteiger partial charge in [0.05, 0.1) is 6.61 Å². The summed E-state index contributed by atoms with van der Waals surface area (Å²) in [6.45, 7) is -0.186. The molecule has 0 spiro atoms. The van der Waals surface area contributed by atoms with Gasteiger partial charge in [-0.3, -0.25) is 4.55 Å². The largest absolute Gasteiger partial charge is 0.465 e. The van der Waals surface area contributed by atoms with Crippen LogP contribution >= 0.6 is 0 Å². The average molecular weight is 324 g/mol. The Balaban J connectivity index is 1.59. The summed E-state index contributed by atoms with van der Waals surface area (Å²) in [4.78, 5) is 11.2. The monoisotopic (exact) mass is 324 g/mol. The quantitative estimate of drug-likeness (QED) is 0.632. The second-order valence-electron chi connectivity index (χ2n) is 6.50. The van der Waals surface area contributed by atoms with E-state index in [1.54, 1.807) is 0 Å². The molecule has 5 nitrogen and oxygen atoms in total. The van der Waals surface area contributed by atoms with Crippen molar-refractivity contribution in [2.75, 3.05) is 6.61 Å². The van der Waals surface area contributed by atoms with Gasteiger partial charge in [-0.05, 0) is 55.3 Å². The van der Waals surface area contributed by atoms with E-state index >= 15 is 0 Å². The summed E-state index contributed by atoms with van der Waals surface area (Å²) in [5.74, 6) is 0.185. The zero-order chi connectivity index (χ0) is 15.4. The molecule has 3 fully saturated rings. The molecule has 0 aromatic heterocycles. The Hall–Kier alpha value is -0.760. The van der Waals surface area contributed by atoms with Crippen LogP contribution in [0, 0.1) is 29.6 Å². The van der Waals surface area contributed by atoms with Gasteiger partial charge in [-0.15, -0.1) is 0 Å². The number of hydrogen-bond donors (Lipinski definition) is 1. The van der Waals surface area contributed by atoms with Crippen molar-refractivity contribution >= 4 is 16.1 Å². The van der Waals surface area contributed by atoms with E-state index < -0.39 is 21.3 Å². The molecule has 0 saturated heterocycles. The maximum absolute atomic E-state index is 13.1. The molecule has 1 N–H and O–H groups in total. The summed E-state index contributed by atoms with van der Waals surface area (Å²) in [7, 11) is -5.78. The second kappa shape index (κ2) is 4.87. The van der Waals surface area contributed by atoms with Crippen molar-refractivity contribution in [3.63, 3.8) is 0 Å². The van der Waals surface area contributed by atoms with Gasteiger partial charge in [0.25, 0.3) is 0 Å². The third-order valence-corrected chi connectivity index (χ3v) is 6.37. The van der Waals surface area contributed by atoms with Crippen molar-refractivity contribution in [3.05, 3.63) is 0 Å². The van der Waals surface area contributed by atoms with E-state index in [-0.39, 0.29) is 12.5 Å². The lowest BCUT2D eigenvalue weighted by molar-refractivity contribution is -0.163. The molecule has 8 heteroatoms. The maximum atomic E-state index is 13.1. The van der Waals surface area contributed by atoms with Crippen LogP contribution in [0.15, 0.2) is 0 Å². The van der Waals surface area contributed by atoms with Gasteiger partial charge in [0.15, 0.2) is 0 Å². The van der Waals surface area contributed by atoms with Gasteiger partial charge in [0.1, 0.15) is 0 Å². The van der Waals surface area contributed by atoms with Crippen LogP contribution in [-0.4, -0.2) is 30.8 Å². The third-order valence-electron chi connectivity index (χ3n) is 5.56. The van der Waals surface area contributed by atoms with E-state index in [1.165, 1.54) is 12.8 Å². The van der Waals surface area contributed by atoms with Gasteiger partial charge in [0.2, 0.25) is 0 Å². The Bertz CT molecular complexity index is 547. The molecule has 0 aliphatic heterocycles. The maximum Gasteiger partial charge on any atom is 0.465 e. The normalized spacial score (nSPS) is 38.5. The van der Waals surface area contributed by atoms with Crippen molar-refractivity contribution in [2.24, 2.45) is 29.6 Å². The molecule has 0 aromatic rings. The van der Waals surface area contributed by atoms with Gasteiger partial charge in [0, 0.05) is 0 Å². The SMILES string of the molecule is O=C(OCC1CC2CC1C1CCCC21)C(F)(F)S(=O)(=O)O. The Morgan fingerprint density at radius 3 is 2.52 bits per heavy atom. The van der Waals surface area contributed by atoms with Crippen LogP contribution < -0.4 is 0 Å². The highest BCUT2D eigenvalue weighted by Gasteiger charge is 2.56. The molecule has 3 aliphatic rings. The number of ether oxygens (including phenoxy) is 1. The smallest absolute Gasteiger partial charge is 0.460 e. The number of halogens is 2. The van der Waals surface area contributed by atoms with Crippen molar-refractivity contribution in [1.29, 1.82) is 0 Å². The topological polar surface area (TPSA) is 80.7 Å². The lowest BCUT2D eigenvalue weighted by Crippen LogP contribution is -2.40. The molecule has 21 heavy (non-hydrogen) atoms. The molecular formula is C13H18F2O5S. The van der Waals surface area contributed by atoms with Crippen LogP contribution in [0.2, 0.25) is 0 Å². The van der Waals surface area contributed by atoms with Crippen LogP contribution in [0.3, 0.4) is 0 Å². The number of fused-ring (bicyclic) bond motifs is 5. The van der Waals surface area contributed by atoms with Crippen molar-refractivity contribution < 1.29 is 31.3 Å². The van der Waals surface area contributed by atoms with Crippen LogP contribution in [0.4, 0.5) is 8.78 Å². The highest BCUT2D eigenvalue weighted by Crippen LogP contribution is 2.60. The highest BCUT2D eigenvalue weighted by atomic mass is 32.2. The Morgan fingerprint density at radius 2 is 1.86 bits per heavy atom. The molecule has 5 unspecified atom stereocenters. The molecule has 3 rings (SSSR count). The molecule has 0 aromatic carbocycles. The molecule has 5 atom stereocenters. The first-order valence-electron chi connectivity index (χ1n) is 7.24. The summed E-state index contributed by atoms with van der Waals surface area (Å²) in [5, 5.41) is -4.89. The first-order chi connectivity index (χ1) is 9.72. The van der Waals surface area contributed by atoms with Crippen molar-refractivity contribution in [2.45, 2.75) is 37.4 Å². The summed E-state index contributed by atoms with van der Waals surface area (Å²) >= 11 is 0. The summed E-state index contributed by atoms with van der Waals surface area (Å²) < 4.78 is 60.0. The van der Waals surface area contributed by atoms with Gasteiger partial charge < -0.3 is 4.74 Å². The third kappa shape index (κ3) is 2.36. The molecule has 0 heterocycles.